The highest BCUT2D eigenvalue weighted by Crippen LogP contribution is 2.24. The number of carboxylic acid groups (broad SMARTS) is 1. The summed E-state index contributed by atoms with van der Waals surface area (Å²) in [5.41, 5.74) is 8.74. The summed E-state index contributed by atoms with van der Waals surface area (Å²) in [4.78, 5) is 27.0. The number of aromatic nitrogens is 2. The minimum atomic E-state index is -0.906. The van der Waals surface area contributed by atoms with E-state index in [4.69, 9.17) is 14.9 Å². The smallest absolute Gasteiger partial charge is 0.335 e. The first-order valence-corrected chi connectivity index (χ1v) is 10.4. The van der Waals surface area contributed by atoms with Gasteiger partial charge in [0.25, 0.3) is 0 Å². The molecular formula is C24H28N4O3. The van der Waals surface area contributed by atoms with Gasteiger partial charge in [0.05, 0.1) is 17.8 Å². The van der Waals surface area contributed by atoms with E-state index in [9.17, 15) is 4.79 Å². The number of nitrogens with two attached hydrogens (primary N) is 1. The zero-order valence-electron chi connectivity index (χ0n) is 17.7. The van der Waals surface area contributed by atoms with Crippen molar-refractivity contribution < 1.29 is 14.7 Å². The molecule has 3 aromatic rings. The van der Waals surface area contributed by atoms with E-state index >= 15 is 0 Å². The van der Waals surface area contributed by atoms with Gasteiger partial charge < -0.3 is 20.3 Å². The molecule has 4 rings (SSSR count). The lowest BCUT2D eigenvalue weighted by Crippen LogP contribution is -2.30. The SMILES string of the molecule is Cc1cc(-c2ccc(C(=O)O)cc2)n(Cc2cccc(N3CCCCC3)n2)c1.NC=O. The van der Waals surface area contributed by atoms with Gasteiger partial charge >= 0.3 is 5.97 Å². The minimum Gasteiger partial charge on any atom is -0.478 e. The molecule has 1 fully saturated rings. The maximum absolute atomic E-state index is 11.1. The zero-order chi connectivity index (χ0) is 22.2. The molecule has 0 saturated carbocycles. The average Bonchev–Trinajstić information content (AvgIpc) is 3.15. The van der Waals surface area contributed by atoms with Crippen LogP contribution in [0.2, 0.25) is 0 Å². The summed E-state index contributed by atoms with van der Waals surface area (Å²) in [6.45, 7) is 4.93. The van der Waals surface area contributed by atoms with Crippen LogP contribution in [0.25, 0.3) is 11.3 Å². The Balaban J connectivity index is 0.000000858. The van der Waals surface area contributed by atoms with Gasteiger partial charge in [-0.25, -0.2) is 9.78 Å². The number of nitrogens with zero attached hydrogens (tertiary/aromatic N) is 3. The maximum atomic E-state index is 11.1. The second kappa shape index (κ2) is 10.4. The fourth-order valence-corrected chi connectivity index (χ4v) is 3.84. The van der Waals surface area contributed by atoms with Gasteiger partial charge in [0.1, 0.15) is 5.82 Å². The van der Waals surface area contributed by atoms with Gasteiger partial charge in [0.2, 0.25) is 6.41 Å². The summed E-state index contributed by atoms with van der Waals surface area (Å²) in [5, 5.41) is 9.12. The van der Waals surface area contributed by atoms with Crippen molar-refractivity contribution in [3.8, 4) is 11.3 Å². The summed E-state index contributed by atoms with van der Waals surface area (Å²) in [6, 6.07) is 15.4. The molecule has 0 bridgehead atoms. The number of aromatic carboxylic acids is 1. The number of benzene rings is 1. The minimum absolute atomic E-state index is 0.250. The molecule has 0 spiro atoms. The van der Waals surface area contributed by atoms with E-state index in [2.05, 4.69) is 52.6 Å². The molecule has 7 nitrogen and oxygen atoms in total. The van der Waals surface area contributed by atoms with E-state index in [0.29, 0.717) is 12.1 Å². The number of piperidine rings is 1. The highest BCUT2D eigenvalue weighted by atomic mass is 16.4. The Morgan fingerprint density at radius 1 is 1.13 bits per heavy atom. The van der Waals surface area contributed by atoms with Crippen LogP contribution in [0.15, 0.2) is 54.7 Å². The van der Waals surface area contributed by atoms with Gasteiger partial charge in [0.15, 0.2) is 0 Å². The molecule has 1 aliphatic heterocycles. The van der Waals surface area contributed by atoms with Crippen molar-refractivity contribution in [3.05, 3.63) is 71.5 Å². The van der Waals surface area contributed by atoms with Gasteiger partial charge in [0, 0.05) is 25.0 Å². The first-order valence-electron chi connectivity index (χ1n) is 10.4. The molecule has 1 amide bonds. The number of carbonyl (C=O) groups excluding carboxylic acids is 1. The van der Waals surface area contributed by atoms with Gasteiger partial charge in [-0.15, -0.1) is 0 Å². The molecular weight excluding hydrogens is 392 g/mol. The van der Waals surface area contributed by atoms with Crippen molar-refractivity contribution in [2.45, 2.75) is 32.7 Å². The Morgan fingerprint density at radius 2 is 1.81 bits per heavy atom. The molecule has 3 N–H and O–H groups in total. The Morgan fingerprint density at radius 3 is 2.45 bits per heavy atom. The van der Waals surface area contributed by atoms with Crippen LogP contribution in [-0.2, 0) is 11.3 Å². The van der Waals surface area contributed by atoms with Gasteiger partial charge in [-0.3, -0.25) is 4.79 Å². The lowest BCUT2D eigenvalue weighted by molar-refractivity contribution is -0.106. The molecule has 0 unspecified atom stereocenters. The van der Waals surface area contributed by atoms with Crippen LogP contribution < -0.4 is 10.6 Å². The van der Waals surface area contributed by atoms with Crippen molar-refractivity contribution >= 4 is 18.2 Å². The highest BCUT2D eigenvalue weighted by molar-refractivity contribution is 5.88. The molecule has 7 heteroatoms. The standard InChI is InChI=1S/C23H25N3O2.CH3NO/c1-17-14-21(18-8-10-19(11-9-18)23(27)28)26(15-17)16-20-6-5-7-22(24-20)25-12-3-2-4-13-25;2-1-3/h5-11,14-15H,2-4,12-13,16H2,1H3,(H,27,28);1H,(H2,2,3). The summed E-state index contributed by atoms with van der Waals surface area (Å²) in [5.74, 6) is 0.158. The first-order chi connectivity index (χ1) is 15.0. The third-order valence-corrected chi connectivity index (χ3v) is 5.27. The third-order valence-electron chi connectivity index (χ3n) is 5.27. The molecule has 0 atom stereocenters. The zero-order valence-corrected chi connectivity index (χ0v) is 17.7. The number of pyridine rings is 1. The predicted octanol–water partition coefficient (Wildman–Crippen LogP) is 3.70. The number of primary amides is 1. The van der Waals surface area contributed by atoms with Crippen molar-refractivity contribution in [3.63, 3.8) is 0 Å². The van der Waals surface area contributed by atoms with Crippen LogP contribution in [0.5, 0.6) is 0 Å². The Labute approximate surface area is 182 Å². The maximum Gasteiger partial charge on any atom is 0.335 e. The van der Waals surface area contributed by atoms with E-state index in [1.807, 2.05) is 12.1 Å². The fraction of sp³-hybridized carbons (Fsp3) is 0.292. The van der Waals surface area contributed by atoms with Gasteiger partial charge in [-0.1, -0.05) is 18.2 Å². The average molecular weight is 421 g/mol. The van der Waals surface area contributed by atoms with Crippen molar-refractivity contribution in [1.29, 1.82) is 0 Å². The molecule has 0 radical (unpaired) electrons. The number of rotatable bonds is 5. The van der Waals surface area contributed by atoms with Crippen molar-refractivity contribution in [2.24, 2.45) is 5.73 Å². The molecule has 162 valence electrons. The summed E-state index contributed by atoms with van der Waals surface area (Å²) in [6.07, 6.45) is 6.15. The topological polar surface area (TPSA) is 101 Å². The lowest BCUT2D eigenvalue weighted by atomic mass is 10.1. The summed E-state index contributed by atoms with van der Waals surface area (Å²) < 4.78 is 2.19. The van der Waals surface area contributed by atoms with Crippen molar-refractivity contribution in [2.75, 3.05) is 18.0 Å². The van der Waals surface area contributed by atoms with E-state index in [-0.39, 0.29) is 6.41 Å². The van der Waals surface area contributed by atoms with Gasteiger partial charge in [-0.05, 0) is 67.6 Å². The summed E-state index contributed by atoms with van der Waals surface area (Å²) in [7, 11) is 0. The first kappa shape index (κ1) is 22.1. The van der Waals surface area contributed by atoms with E-state index in [0.717, 1.165) is 35.9 Å². The van der Waals surface area contributed by atoms with Crippen LogP contribution in [0.3, 0.4) is 0 Å². The number of amides is 1. The number of hydrogen-bond donors (Lipinski definition) is 2. The molecule has 2 aromatic heterocycles. The Bertz CT molecular complexity index is 1020. The quantitative estimate of drug-likeness (QED) is 0.613. The summed E-state index contributed by atoms with van der Waals surface area (Å²) >= 11 is 0. The van der Waals surface area contributed by atoms with E-state index < -0.39 is 5.97 Å². The Hall–Kier alpha value is -3.61. The normalized spacial score (nSPS) is 13.3. The van der Waals surface area contributed by atoms with Crippen LogP contribution in [0.4, 0.5) is 5.82 Å². The molecule has 3 heterocycles. The third kappa shape index (κ3) is 5.72. The largest absolute Gasteiger partial charge is 0.478 e. The van der Waals surface area contributed by atoms with Crippen molar-refractivity contribution in [1.82, 2.24) is 9.55 Å². The Kier molecular flexibility index (Phi) is 7.43. The predicted molar refractivity (Wildman–Crippen MR) is 121 cm³/mol. The second-order valence-corrected chi connectivity index (χ2v) is 7.58. The van der Waals surface area contributed by atoms with E-state index in [1.54, 1.807) is 12.1 Å². The number of carboxylic acids is 1. The molecule has 1 aliphatic rings. The van der Waals surface area contributed by atoms with Crippen LogP contribution >= 0.6 is 0 Å². The monoisotopic (exact) mass is 420 g/mol. The number of carbonyl (C=O) groups is 2. The molecule has 0 aliphatic carbocycles. The van der Waals surface area contributed by atoms with Crippen LogP contribution in [-0.4, -0.2) is 40.1 Å². The van der Waals surface area contributed by atoms with Crippen LogP contribution in [0.1, 0.15) is 40.9 Å². The molecule has 1 aromatic carbocycles. The molecule has 31 heavy (non-hydrogen) atoms. The van der Waals surface area contributed by atoms with Crippen LogP contribution in [0, 0.1) is 6.92 Å². The highest BCUT2D eigenvalue weighted by Gasteiger charge is 2.13. The number of aryl methyl sites for hydroxylation is 1. The second-order valence-electron chi connectivity index (χ2n) is 7.58. The number of anilines is 1. The number of hydrogen-bond acceptors (Lipinski definition) is 4. The lowest BCUT2D eigenvalue weighted by Gasteiger charge is -2.28. The van der Waals surface area contributed by atoms with E-state index in [1.165, 1.54) is 24.8 Å². The fourth-order valence-electron chi connectivity index (χ4n) is 3.84. The molecule has 1 saturated heterocycles. The van der Waals surface area contributed by atoms with Gasteiger partial charge in [-0.2, -0.15) is 0 Å².